The Morgan fingerprint density at radius 2 is 2.09 bits per heavy atom. The zero-order valence-electron chi connectivity index (χ0n) is 18.2. The molecule has 0 bridgehead atoms. The van der Waals surface area contributed by atoms with Crippen molar-refractivity contribution in [3.8, 4) is 0 Å². The molecule has 0 saturated carbocycles. The minimum absolute atomic E-state index is 0.0442. The molecule has 2 aromatic rings. The molecule has 5 rings (SSSR count). The van der Waals surface area contributed by atoms with Crippen LogP contribution in [0.3, 0.4) is 0 Å². The zero-order chi connectivity index (χ0) is 22.7. The summed E-state index contributed by atoms with van der Waals surface area (Å²) in [6.45, 7) is 4.74. The minimum atomic E-state index is -0.769. The van der Waals surface area contributed by atoms with Crippen LogP contribution >= 0.6 is 11.9 Å². The highest BCUT2D eigenvalue weighted by Gasteiger charge is 2.60. The number of methoxy groups -OCH3 is 1. The summed E-state index contributed by atoms with van der Waals surface area (Å²) in [6.07, 6.45) is -0.769. The van der Waals surface area contributed by atoms with Crippen molar-refractivity contribution in [2.24, 2.45) is 11.8 Å². The van der Waals surface area contributed by atoms with Gasteiger partial charge in [0.15, 0.2) is 0 Å². The summed E-state index contributed by atoms with van der Waals surface area (Å²) in [5, 5.41) is 22.3. The Balaban J connectivity index is 1.48. The summed E-state index contributed by atoms with van der Waals surface area (Å²) in [5.74, 6) is -1.31. The normalized spacial score (nSPS) is 25.7. The lowest BCUT2D eigenvalue weighted by Crippen LogP contribution is -2.63. The molecule has 7 nitrogen and oxygen atoms in total. The first-order valence-corrected chi connectivity index (χ1v) is 11.5. The molecule has 1 saturated heterocycles. The van der Waals surface area contributed by atoms with Crippen molar-refractivity contribution in [1.82, 2.24) is 9.21 Å². The van der Waals surface area contributed by atoms with Crippen LogP contribution in [0.1, 0.15) is 25.0 Å². The van der Waals surface area contributed by atoms with E-state index in [9.17, 15) is 19.8 Å². The average molecular weight is 455 g/mol. The van der Waals surface area contributed by atoms with E-state index in [1.54, 1.807) is 18.9 Å². The van der Waals surface area contributed by atoms with Gasteiger partial charge in [0, 0.05) is 29.5 Å². The maximum absolute atomic E-state index is 12.7. The molecular formula is C24H26N2O5S. The lowest BCUT2D eigenvalue weighted by atomic mass is 9.78. The second-order valence-corrected chi connectivity index (χ2v) is 9.84. The fourth-order valence-corrected chi connectivity index (χ4v) is 6.61. The Kier molecular flexibility index (Phi) is 5.28. The number of hydrogen-bond donors (Lipinski definition) is 2. The molecule has 168 valence electrons. The van der Waals surface area contributed by atoms with Gasteiger partial charge in [0.1, 0.15) is 5.70 Å². The second-order valence-electron chi connectivity index (χ2n) is 8.73. The van der Waals surface area contributed by atoms with Gasteiger partial charge in [-0.1, -0.05) is 31.2 Å². The van der Waals surface area contributed by atoms with E-state index in [4.69, 9.17) is 4.74 Å². The molecule has 32 heavy (non-hydrogen) atoms. The molecule has 2 aromatic carbocycles. The third-order valence-electron chi connectivity index (χ3n) is 6.95. The van der Waals surface area contributed by atoms with E-state index in [2.05, 4.69) is 10.4 Å². The summed E-state index contributed by atoms with van der Waals surface area (Å²) in [6, 6.07) is 9.96. The molecule has 3 aliphatic heterocycles. The van der Waals surface area contributed by atoms with Crippen molar-refractivity contribution < 1.29 is 24.5 Å². The first kappa shape index (κ1) is 21.5. The van der Waals surface area contributed by atoms with E-state index in [0.717, 1.165) is 32.4 Å². The summed E-state index contributed by atoms with van der Waals surface area (Å²) in [4.78, 5) is 27.9. The van der Waals surface area contributed by atoms with Gasteiger partial charge in [0.2, 0.25) is 5.91 Å². The molecule has 2 N–H and O–H groups in total. The van der Waals surface area contributed by atoms with Crippen LogP contribution in [0.25, 0.3) is 10.8 Å². The molecule has 1 fully saturated rings. The Hall–Kier alpha value is -2.39. The predicted molar refractivity (Wildman–Crippen MR) is 120 cm³/mol. The van der Waals surface area contributed by atoms with E-state index < -0.39 is 18.0 Å². The number of carbonyl (C=O) groups excluding carboxylic acids is 2. The van der Waals surface area contributed by atoms with Crippen molar-refractivity contribution in [2.45, 2.75) is 44.0 Å². The zero-order valence-corrected chi connectivity index (χ0v) is 19.1. The van der Waals surface area contributed by atoms with E-state index >= 15 is 0 Å². The second kappa shape index (κ2) is 7.88. The van der Waals surface area contributed by atoms with E-state index in [0.29, 0.717) is 18.8 Å². The highest BCUT2D eigenvalue weighted by molar-refractivity contribution is 7.97. The number of rotatable bonds is 5. The third kappa shape index (κ3) is 3.01. The molecule has 1 amide bonds. The summed E-state index contributed by atoms with van der Waals surface area (Å²) < 4.78 is 7.17. The van der Waals surface area contributed by atoms with Crippen LogP contribution in [0.4, 0.5) is 0 Å². The van der Waals surface area contributed by atoms with Crippen LogP contribution in [-0.2, 0) is 27.5 Å². The predicted octanol–water partition coefficient (Wildman–Crippen LogP) is 2.44. The number of esters is 1. The number of β-lactam (4-membered cyclic amide) rings is 1. The van der Waals surface area contributed by atoms with Gasteiger partial charge in [-0.2, -0.15) is 0 Å². The van der Waals surface area contributed by atoms with Gasteiger partial charge >= 0.3 is 5.97 Å². The van der Waals surface area contributed by atoms with Gasteiger partial charge in [-0.25, -0.2) is 9.10 Å². The standard InChI is InChI=1S/C24H26N2O5S/c1-12-17(21(24(30)31-3)26-20(12)19(13(2)28)23(26)29)10-25-9-15-8-14-6-4-5-7-16(14)18(11-27)22(15)32-25/h4-8,12-13,19-20,27-28H,9-11H2,1-3H3/t12-,13?,19?,20?/m0/s1. The Morgan fingerprint density at radius 3 is 2.78 bits per heavy atom. The lowest BCUT2D eigenvalue weighted by molar-refractivity contribution is -0.163. The first-order chi connectivity index (χ1) is 15.4. The molecule has 3 aliphatic rings. The minimum Gasteiger partial charge on any atom is -0.464 e. The number of aliphatic hydroxyl groups excluding tert-OH is 2. The first-order valence-electron chi connectivity index (χ1n) is 10.8. The van der Waals surface area contributed by atoms with E-state index in [1.165, 1.54) is 12.0 Å². The Bertz CT molecular complexity index is 1160. The molecule has 4 atom stereocenters. The van der Waals surface area contributed by atoms with Gasteiger partial charge in [-0.3, -0.25) is 4.79 Å². The number of nitrogens with zero attached hydrogens (tertiary/aromatic N) is 2. The van der Waals surface area contributed by atoms with Crippen molar-refractivity contribution in [2.75, 3.05) is 13.7 Å². The molecule has 3 heterocycles. The fraction of sp³-hybridized carbons (Fsp3) is 0.417. The van der Waals surface area contributed by atoms with E-state index in [1.807, 2.05) is 31.2 Å². The molecule has 0 aromatic heterocycles. The summed E-state index contributed by atoms with van der Waals surface area (Å²) in [7, 11) is 1.32. The monoisotopic (exact) mass is 454 g/mol. The number of fused-ring (bicyclic) bond motifs is 3. The molecule has 0 spiro atoms. The van der Waals surface area contributed by atoms with Crippen LogP contribution in [0.2, 0.25) is 0 Å². The van der Waals surface area contributed by atoms with Gasteiger partial charge in [0.25, 0.3) is 0 Å². The molecule has 0 radical (unpaired) electrons. The van der Waals surface area contributed by atoms with Gasteiger partial charge in [-0.15, -0.1) is 0 Å². The largest absolute Gasteiger partial charge is 0.464 e. The smallest absolute Gasteiger partial charge is 0.354 e. The highest BCUT2D eigenvalue weighted by atomic mass is 32.2. The summed E-state index contributed by atoms with van der Waals surface area (Å²) in [5.41, 5.74) is 3.23. The number of aliphatic hydroxyl groups is 2. The lowest BCUT2D eigenvalue weighted by Gasteiger charge is -2.46. The SMILES string of the molecule is COC(=O)C1=C(CN2Cc3cc4ccccc4c(CO)c3S2)[C@H](C)C2C(C(C)O)C(=O)N12. The van der Waals surface area contributed by atoms with Crippen molar-refractivity contribution in [1.29, 1.82) is 0 Å². The topological polar surface area (TPSA) is 90.3 Å². The van der Waals surface area contributed by atoms with E-state index in [-0.39, 0.29) is 24.5 Å². The molecule has 0 aliphatic carbocycles. The Labute approximate surface area is 190 Å². The fourth-order valence-electron chi connectivity index (χ4n) is 5.42. The molecule has 3 unspecified atom stereocenters. The molecular weight excluding hydrogens is 428 g/mol. The van der Waals surface area contributed by atoms with Gasteiger partial charge in [0.05, 0.1) is 31.8 Å². The van der Waals surface area contributed by atoms with Crippen molar-refractivity contribution in [3.63, 3.8) is 0 Å². The van der Waals surface area contributed by atoms with Crippen molar-refractivity contribution in [3.05, 3.63) is 52.7 Å². The van der Waals surface area contributed by atoms with Gasteiger partial charge in [-0.05, 0) is 46.8 Å². The number of hydrogen-bond acceptors (Lipinski definition) is 7. The van der Waals surface area contributed by atoms with Crippen molar-refractivity contribution >= 4 is 34.6 Å². The number of carbonyl (C=O) groups is 2. The average Bonchev–Trinajstić information content (AvgIpc) is 3.28. The van der Waals surface area contributed by atoms with Crippen LogP contribution in [0.15, 0.2) is 46.5 Å². The maximum atomic E-state index is 12.7. The third-order valence-corrected chi connectivity index (χ3v) is 8.15. The maximum Gasteiger partial charge on any atom is 0.354 e. The Morgan fingerprint density at radius 1 is 1.34 bits per heavy atom. The van der Waals surface area contributed by atoms with Crippen LogP contribution in [-0.4, -0.2) is 57.1 Å². The van der Waals surface area contributed by atoms with Crippen LogP contribution in [0.5, 0.6) is 0 Å². The van der Waals surface area contributed by atoms with Crippen LogP contribution in [0, 0.1) is 11.8 Å². The quantitative estimate of drug-likeness (QED) is 0.407. The highest BCUT2D eigenvalue weighted by Crippen LogP contribution is 2.49. The van der Waals surface area contributed by atoms with Gasteiger partial charge < -0.3 is 19.8 Å². The summed E-state index contributed by atoms with van der Waals surface area (Å²) >= 11 is 1.58. The number of amides is 1. The van der Waals surface area contributed by atoms with Crippen LogP contribution < -0.4 is 0 Å². The number of ether oxygens (including phenoxy) is 1. The molecule has 8 heteroatoms. The number of benzene rings is 2.